The van der Waals surface area contributed by atoms with Crippen molar-refractivity contribution in [2.45, 2.75) is 38.3 Å². The van der Waals surface area contributed by atoms with Gasteiger partial charge in [0.25, 0.3) is 5.91 Å². The van der Waals surface area contributed by atoms with E-state index < -0.39 is 5.54 Å². The summed E-state index contributed by atoms with van der Waals surface area (Å²) in [7, 11) is 1.56. The number of urea groups is 1. The van der Waals surface area contributed by atoms with Gasteiger partial charge in [0.05, 0.1) is 7.11 Å². The van der Waals surface area contributed by atoms with Crippen molar-refractivity contribution in [1.29, 1.82) is 0 Å². The molecule has 2 fully saturated rings. The van der Waals surface area contributed by atoms with Gasteiger partial charge in [0.15, 0.2) is 0 Å². The third kappa shape index (κ3) is 4.09. The summed E-state index contributed by atoms with van der Waals surface area (Å²) in [5, 5.41) is 0. The molecule has 4 rings (SSSR count). The molecule has 0 aromatic heterocycles. The monoisotopic (exact) mass is 439 g/mol. The average molecular weight is 440 g/mol. The van der Waals surface area contributed by atoms with Gasteiger partial charge in [-0.05, 0) is 49.9 Å². The molecule has 6 nitrogen and oxygen atoms in total. The molecule has 2 aliphatic heterocycles. The molecule has 2 aromatic rings. The van der Waals surface area contributed by atoms with Gasteiger partial charge < -0.3 is 9.64 Å². The Bertz CT molecular complexity index is 974. The Hall–Kier alpha value is -2.93. The zero-order valence-electron chi connectivity index (χ0n) is 18.7. The highest BCUT2D eigenvalue weighted by molar-refractivity contribution is 6.07. The first-order valence-electron chi connectivity index (χ1n) is 11.2. The number of amides is 3. The van der Waals surface area contributed by atoms with Gasteiger partial charge in [-0.15, -0.1) is 0 Å². The minimum absolute atomic E-state index is 0.0923. The lowest BCUT2D eigenvalue weighted by Crippen LogP contribution is -2.56. The molecule has 0 bridgehead atoms. The molecule has 0 aliphatic carbocycles. The summed E-state index contributed by atoms with van der Waals surface area (Å²) in [5.74, 6) is 0.266. The Labute approximate surface area is 188 Å². The Kier molecular flexibility index (Phi) is 6.46. The zero-order valence-corrected chi connectivity index (χ0v) is 18.7. The third-order valence-electron chi connectivity index (χ3n) is 6.73. The number of rotatable bonds is 7. The molecule has 170 valence electrons. The number of halogens is 1. The topological polar surface area (TPSA) is 53.1 Å². The quantitative estimate of drug-likeness (QED) is 0.618. The third-order valence-corrected chi connectivity index (χ3v) is 6.73. The molecule has 0 N–H and O–H groups in total. The van der Waals surface area contributed by atoms with Gasteiger partial charge in [-0.25, -0.2) is 9.18 Å². The molecule has 0 radical (unpaired) electrons. The maximum absolute atomic E-state index is 14.3. The first kappa shape index (κ1) is 22.3. The number of piperidine rings is 1. The van der Waals surface area contributed by atoms with Gasteiger partial charge in [0, 0.05) is 38.3 Å². The van der Waals surface area contributed by atoms with Crippen molar-refractivity contribution in [1.82, 2.24) is 14.7 Å². The fourth-order valence-corrected chi connectivity index (χ4v) is 4.86. The molecule has 3 amide bonds. The van der Waals surface area contributed by atoms with Crippen LogP contribution in [0, 0.1) is 5.82 Å². The fraction of sp³-hybridized carbons (Fsp3) is 0.440. The maximum Gasteiger partial charge on any atom is 0.327 e. The van der Waals surface area contributed by atoms with E-state index in [-0.39, 0.29) is 17.8 Å². The molecular formula is C25H30FN3O3. The van der Waals surface area contributed by atoms with Crippen LogP contribution in [-0.4, -0.2) is 65.5 Å². The average Bonchev–Trinajstić information content (AvgIpc) is 3.01. The molecule has 0 unspecified atom stereocenters. The zero-order chi connectivity index (χ0) is 22.7. The van der Waals surface area contributed by atoms with Crippen LogP contribution in [0.5, 0.6) is 5.75 Å². The molecule has 32 heavy (non-hydrogen) atoms. The van der Waals surface area contributed by atoms with E-state index in [1.165, 1.54) is 11.0 Å². The number of carbonyl (C=O) groups excluding carboxylic acids is 2. The maximum atomic E-state index is 14.3. The number of benzene rings is 2. The molecule has 0 atom stereocenters. The van der Waals surface area contributed by atoms with E-state index in [1.54, 1.807) is 24.1 Å². The van der Waals surface area contributed by atoms with Gasteiger partial charge in [-0.3, -0.25) is 14.6 Å². The number of methoxy groups -OCH3 is 1. The minimum Gasteiger partial charge on any atom is -0.497 e. The minimum atomic E-state index is -0.800. The SMILES string of the molecule is CCN1C(=O)N(CCc2ccccc2)C2(CCN(Cc3cc(OC)ccc3F)CC2)C1=O. The lowest BCUT2D eigenvalue weighted by atomic mass is 9.85. The summed E-state index contributed by atoms with van der Waals surface area (Å²) >= 11 is 0. The molecule has 2 saturated heterocycles. The number of hydrogen-bond acceptors (Lipinski definition) is 4. The van der Waals surface area contributed by atoms with Crippen LogP contribution in [-0.2, 0) is 17.8 Å². The highest BCUT2D eigenvalue weighted by Gasteiger charge is 2.57. The van der Waals surface area contributed by atoms with Gasteiger partial charge in [-0.1, -0.05) is 30.3 Å². The number of nitrogens with zero attached hydrogens (tertiary/aromatic N) is 3. The number of carbonyl (C=O) groups is 2. The second-order valence-electron chi connectivity index (χ2n) is 8.48. The summed E-state index contributed by atoms with van der Waals surface area (Å²) in [6, 6.07) is 14.6. The van der Waals surface area contributed by atoms with Crippen molar-refractivity contribution in [2.75, 3.05) is 33.3 Å². The second kappa shape index (κ2) is 9.28. The molecular weight excluding hydrogens is 409 g/mol. The number of hydrogen-bond donors (Lipinski definition) is 0. The normalized spacial score (nSPS) is 18.6. The van der Waals surface area contributed by atoms with E-state index in [2.05, 4.69) is 4.90 Å². The fourth-order valence-electron chi connectivity index (χ4n) is 4.86. The molecule has 1 spiro atoms. The Balaban J connectivity index is 1.48. The smallest absolute Gasteiger partial charge is 0.327 e. The predicted molar refractivity (Wildman–Crippen MR) is 120 cm³/mol. The lowest BCUT2D eigenvalue weighted by Gasteiger charge is -2.42. The van der Waals surface area contributed by atoms with Crippen LogP contribution in [0.1, 0.15) is 30.9 Å². The molecule has 0 saturated carbocycles. The summed E-state index contributed by atoms with van der Waals surface area (Å²) in [6.07, 6.45) is 1.81. The molecule has 2 heterocycles. The first-order valence-corrected chi connectivity index (χ1v) is 11.2. The standard InChI is InChI=1S/C25H30FN3O3/c1-3-28-23(30)25(29(24(28)31)14-11-19-7-5-4-6-8-19)12-15-27(16-13-25)18-20-17-21(32-2)9-10-22(20)26/h4-10,17H,3,11-16,18H2,1-2H3. The van der Waals surface area contributed by atoms with Crippen LogP contribution in [0.15, 0.2) is 48.5 Å². The van der Waals surface area contributed by atoms with E-state index in [0.717, 1.165) is 5.56 Å². The Morgan fingerprint density at radius 1 is 1.06 bits per heavy atom. The summed E-state index contributed by atoms with van der Waals surface area (Å²) in [4.78, 5) is 31.7. The van der Waals surface area contributed by atoms with Gasteiger partial charge in [0.2, 0.25) is 0 Å². The van der Waals surface area contributed by atoms with Gasteiger partial charge in [0.1, 0.15) is 17.1 Å². The molecule has 2 aliphatic rings. The van der Waals surface area contributed by atoms with Crippen molar-refractivity contribution >= 4 is 11.9 Å². The van der Waals surface area contributed by atoms with Crippen molar-refractivity contribution in [3.05, 3.63) is 65.5 Å². The van der Waals surface area contributed by atoms with Crippen LogP contribution in [0.4, 0.5) is 9.18 Å². The molecule has 2 aromatic carbocycles. The molecule has 7 heteroatoms. The van der Waals surface area contributed by atoms with Crippen LogP contribution in [0.25, 0.3) is 0 Å². The highest BCUT2D eigenvalue weighted by Crippen LogP contribution is 2.38. The van der Waals surface area contributed by atoms with Gasteiger partial charge >= 0.3 is 6.03 Å². The summed E-state index contributed by atoms with van der Waals surface area (Å²) in [6.45, 7) is 4.41. The van der Waals surface area contributed by atoms with E-state index in [4.69, 9.17) is 4.74 Å². The number of likely N-dealkylation sites (N-methyl/N-ethyl adjacent to an activating group) is 1. The van der Waals surface area contributed by atoms with E-state index in [9.17, 15) is 14.0 Å². The van der Waals surface area contributed by atoms with Crippen molar-refractivity contribution in [2.24, 2.45) is 0 Å². The summed E-state index contributed by atoms with van der Waals surface area (Å²) in [5.41, 5.74) is 0.916. The Morgan fingerprint density at radius 2 is 1.78 bits per heavy atom. The number of ether oxygens (including phenoxy) is 1. The van der Waals surface area contributed by atoms with Crippen LogP contribution >= 0.6 is 0 Å². The van der Waals surface area contributed by atoms with Crippen LogP contribution < -0.4 is 4.74 Å². The van der Waals surface area contributed by atoms with Crippen LogP contribution in [0.2, 0.25) is 0 Å². The largest absolute Gasteiger partial charge is 0.497 e. The Morgan fingerprint density at radius 3 is 2.44 bits per heavy atom. The van der Waals surface area contributed by atoms with Crippen molar-refractivity contribution < 1.29 is 18.7 Å². The lowest BCUT2D eigenvalue weighted by molar-refractivity contribution is -0.135. The highest BCUT2D eigenvalue weighted by atomic mass is 19.1. The van der Waals surface area contributed by atoms with Crippen LogP contribution in [0.3, 0.4) is 0 Å². The van der Waals surface area contributed by atoms with E-state index in [1.807, 2.05) is 37.3 Å². The number of likely N-dealkylation sites (tertiary alicyclic amines) is 1. The first-order chi connectivity index (χ1) is 15.5. The second-order valence-corrected chi connectivity index (χ2v) is 8.48. The van der Waals surface area contributed by atoms with Gasteiger partial charge in [-0.2, -0.15) is 0 Å². The summed E-state index contributed by atoms with van der Waals surface area (Å²) < 4.78 is 19.5. The van der Waals surface area contributed by atoms with E-state index >= 15 is 0 Å². The number of imide groups is 1. The van der Waals surface area contributed by atoms with Crippen molar-refractivity contribution in [3.8, 4) is 5.75 Å². The predicted octanol–water partition coefficient (Wildman–Crippen LogP) is 3.70. The van der Waals surface area contributed by atoms with E-state index in [0.29, 0.717) is 63.3 Å². The van der Waals surface area contributed by atoms with Crippen molar-refractivity contribution in [3.63, 3.8) is 0 Å².